The van der Waals surface area contributed by atoms with Crippen LogP contribution in [0.5, 0.6) is 0 Å². The van der Waals surface area contributed by atoms with Crippen LogP contribution in [0.3, 0.4) is 0 Å². The van der Waals surface area contributed by atoms with Gasteiger partial charge in [0, 0.05) is 62.8 Å². The van der Waals surface area contributed by atoms with Gasteiger partial charge in [-0.15, -0.1) is 0 Å². The predicted molar refractivity (Wildman–Crippen MR) is 121 cm³/mol. The van der Waals surface area contributed by atoms with Gasteiger partial charge in [0.15, 0.2) is 0 Å². The Hall–Kier alpha value is -3.08. The van der Waals surface area contributed by atoms with Gasteiger partial charge in [0.1, 0.15) is 0 Å². The Morgan fingerprint density at radius 2 is 1.67 bits per heavy atom. The van der Waals surface area contributed by atoms with Crippen molar-refractivity contribution in [3.63, 3.8) is 0 Å². The van der Waals surface area contributed by atoms with E-state index in [1.165, 1.54) is 18.5 Å². The fourth-order valence-electron chi connectivity index (χ4n) is 4.14. The number of hydrogen-bond donors (Lipinski definition) is 0. The minimum absolute atomic E-state index is 0.193. The van der Waals surface area contributed by atoms with Crippen LogP contribution in [-0.2, 0) is 11.2 Å². The third-order valence-electron chi connectivity index (χ3n) is 6.14. The number of likely N-dealkylation sites (N-methyl/N-ethyl adjacent to an activating group) is 1. The number of anilines is 1. The lowest BCUT2D eigenvalue weighted by molar-refractivity contribution is -0.129. The van der Waals surface area contributed by atoms with Gasteiger partial charge in [-0.05, 0) is 67.1 Å². The van der Waals surface area contributed by atoms with E-state index in [1.54, 1.807) is 0 Å². The van der Waals surface area contributed by atoms with Gasteiger partial charge >= 0.3 is 0 Å². The van der Waals surface area contributed by atoms with Crippen molar-refractivity contribution in [1.82, 2.24) is 14.5 Å². The number of amides is 1. The van der Waals surface area contributed by atoms with Crippen molar-refractivity contribution in [2.75, 3.05) is 31.6 Å². The maximum absolute atomic E-state index is 12.6. The van der Waals surface area contributed by atoms with Gasteiger partial charge in [-0.3, -0.25) is 9.78 Å². The molecular formula is C25H30N4O. The molecule has 3 heterocycles. The molecule has 0 spiro atoms. The smallest absolute Gasteiger partial charge is 0.226 e. The first-order valence-electron chi connectivity index (χ1n) is 10.8. The fourth-order valence-corrected chi connectivity index (χ4v) is 4.14. The van der Waals surface area contributed by atoms with Crippen LogP contribution in [0.2, 0.25) is 0 Å². The highest BCUT2D eigenvalue weighted by atomic mass is 16.2. The first kappa shape index (κ1) is 20.2. The summed E-state index contributed by atoms with van der Waals surface area (Å²) in [4.78, 5) is 21.1. The maximum Gasteiger partial charge on any atom is 0.226 e. The second-order valence-corrected chi connectivity index (χ2v) is 8.17. The van der Waals surface area contributed by atoms with Crippen LogP contribution in [-0.4, -0.2) is 47.0 Å². The molecule has 0 aliphatic carbocycles. The number of carbonyl (C=O) groups is 1. The van der Waals surface area contributed by atoms with Gasteiger partial charge in [-0.1, -0.05) is 12.1 Å². The summed E-state index contributed by atoms with van der Waals surface area (Å²) in [7, 11) is 1.93. The molecule has 1 amide bonds. The molecule has 30 heavy (non-hydrogen) atoms. The first-order valence-corrected chi connectivity index (χ1v) is 10.8. The molecule has 5 heteroatoms. The van der Waals surface area contributed by atoms with Gasteiger partial charge < -0.3 is 14.4 Å². The molecule has 5 nitrogen and oxygen atoms in total. The molecule has 4 rings (SSSR count). The Labute approximate surface area is 179 Å². The summed E-state index contributed by atoms with van der Waals surface area (Å²) in [6.45, 7) is 3.00. The number of nitrogens with zero attached hydrogens (tertiary/aromatic N) is 4. The van der Waals surface area contributed by atoms with Crippen molar-refractivity contribution in [2.45, 2.75) is 25.7 Å². The Bertz CT molecular complexity index is 914. The van der Waals surface area contributed by atoms with Crippen LogP contribution < -0.4 is 4.90 Å². The summed E-state index contributed by atoms with van der Waals surface area (Å²) in [5.41, 5.74) is 3.44. The normalized spacial score (nSPS) is 14.6. The van der Waals surface area contributed by atoms with Crippen molar-refractivity contribution < 1.29 is 4.79 Å². The minimum Gasteiger partial charge on any atom is -0.371 e. The minimum atomic E-state index is 0.193. The predicted octanol–water partition coefficient (Wildman–Crippen LogP) is 4.18. The molecular weight excluding hydrogens is 372 g/mol. The van der Waals surface area contributed by atoms with E-state index in [4.69, 9.17) is 0 Å². The van der Waals surface area contributed by atoms with Crippen molar-refractivity contribution in [1.29, 1.82) is 0 Å². The van der Waals surface area contributed by atoms with Gasteiger partial charge in [0.25, 0.3) is 0 Å². The molecule has 1 saturated heterocycles. The highest BCUT2D eigenvalue weighted by molar-refractivity contribution is 5.78. The van der Waals surface area contributed by atoms with E-state index in [-0.39, 0.29) is 5.91 Å². The van der Waals surface area contributed by atoms with E-state index in [1.807, 2.05) is 48.9 Å². The van der Waals surface area contributed by atoms with Crippen molar-refractivity contribution in [3.8, 4) is 5.69 Å². The van der Waals surface area contributed by atoms with E-state index in [0.717, 1.165) is 37.3 Å². The molecule has 3 aromatic rings. The molecule has 1 aliphatic heterocycles. The van der Waals surface area contributed by atoms with Crippen molar-refractivity contribution in [2.24, 2.45) is 5.92 Å². The highest BCUT2D eigenvalue weighted by Crippen LogP contribution is 2.25. The van der Waals surface area contributed by atoms with Crippen LogP contribution >= 0.6 is 0 Å². The number of piperidine rings is 1. The molecule has 0 N–H and O–H groups in total. The molecule has 1 fully saturated rings. The average molecular weight is 403 g/mol. The number of carbonyl (C=O) groups excluding carboxylic acids is 1. The lowest BCUT2D eigenvalue weighted by Gasteiger charge is -2.34. The molecule has 0 atom stereocenters. The lowest BCUT2D eigenvalue weighted by Crippen LogP contribution is -2.36. The van der Waals surface area contributed by atoms with Crippen LogP contribution in [0, 0.1) is 5.92 Å². The average Bonchev–Trinajstić information content (AvgIpc) is 3.34. The monoisotopic (exact) mass is 402 g/mol. The summed E-state index contributed by atoms with van der Waals surface area (Å²) >= 11 is 0. The summed E-state index contributed by atoms with van der Waals surface area (Å²) in [5, 5.41) is 0. The second kappa shape index (κ2) is 9.61. The Kier molecular flexibility index (Phi) is 6.47. The van der Waals surface area contributed by atoms with Crippen LogP contribution in [0.4, 0.5) is 5.69 Å². The number of hydrogen-bond acceptors (Lipinski definition) is 3. The van der Waals surface area contributed by atoms with E-state index >= 15 is 0 Å². The standard InChI is InChI=1S/C25H30N4O/c1-27(17-10-21-11-18-29(19-12-21)24-8-13-26-14-9-24)25(30)20-22-4-6-23(7-5-22)28-15-2-3-16-28/h2-9,13-16,21H,10-12,17-20H2,1H3. The van der Waals surface area contributed by atoms with E-state index in [9.17, 15) is 4.79 Å². The van der Waals surface area contributed by atoms with Crippen LogP contribution in [0.15, 0.2) is 73.3 Å². The van der Waals surface area contributed by atoms with Gasteiger partial charge in [0.2, 0.25) is 5.91 Å². The largest absolute Gasteiger partial charge is 0.371 e. The fraction of sp³-hybridized carbons (Fsp3) is 0.360. The number of aromatic nitrogens is 2. The Balaban J connectivity index is 1.21. The Morgan fingerprint density at radius 1 is 1.00 bits per heavy atom. The van der Waals surface area contributed by atoms with Crippen LogP contribution in [0.1, 0.15) is 24.8 Å². The molecule has 0 radical (unpaired) electrons. The van der Waals surface area contributed by atoms with Gasteiger partial charge in [-0.2, -0.15) is 0 Å². The second-order valence-electron chi connectivity index (χ2n) is 8.17. The molecule has 156 valence electrons. The van der Waals surface area contributed by atoms with Gasteiger partial charge in [-0.25, -0.2) is 0 Å². The molecule has 0 saturated carbocycles. The zero-order valence-electron chi connectivity index (χ0n) is 17.7. The lowest BCUT2D eigenvalue weighted by atomic mass is 9.93. The maximum atomic E-state index is 12.6. The summed E-state index contributed by atoms with van der Waals surface area (Å²) in [6, 6.07) is 16.4. The zero-order chi connectivity index (χ0) is 20.8. The van der Waals surface area contributed by atoms with E-state index < -0.39 is 0 Å². The number of pyridine rings is 1. The Morgan fingerprint density at radius 3 is 2.33 bits per heavy atom. The first-order chi connectivity index (χ1) is 14.7. The van der Waals surface area contributed by atoms with E-state index in [0.29, 0.717) is 12.3 Å². The summed E-state index contributed by atoms with van der Waals surface area (Å²) in [5.74, 6) is 0.886. The summed E-state index contributed by atoms with van der Waals surface area (Å²) in [6.07, 6.45) is 11.7. The van der Waals surface area contributed by atoms with Crippen molar-refractivity contribution >= 4 is 11.6 Å². The van der Waals surface area contributed by atoms with Gasteiger partial charge in [0.05, 0.1) is 6.42 Å². The quantitative estimate of drug-likeness (QED) is 0.595. The third-order valence-corrected chi connectivity index (χ3v) is 6.14. The summed E-state index contributed by atoms with van der Waals surface area (Å²) < 4.78 is 2.07. The molecule has 1 aliphatic rings. The number of rotatable bonds is 7. The SMILES string of the molecule is CN(CCC1CCN(c2ccncc2)CC1)C(=O)Cc1ccc(-n2cccc2)cc1. The molecule has 0 bridgehead atoms. The topological polar surface area (TPSA) is 41.4 Å². The zero-order valence-corrected chi connectivity index (χ0v) is 17.7. The third kappa shape index (κ3) is 5.09. The molecule has 2 aromatic heterocycles. The molecule has 0 unspecified atom stereocenters. The molecule has 1 aromatic carbocycles. The van der Waals surface area contributed by atoms with Crippen molar-refractivity contribution in [3.05, 3.63) is 78.9 Å². The number of benzene rings is 1. The van der Waals surface area contributed by atoms with Crippen LogP contribution in [0.25, 0.3) is 5.69 Å². The van der Waals surface area contributed by atoms with E-state index in [2.05, 4.69) is 50.8 Å². The highest BCUT2D eigenvalue weighted by Gasteiger charge is 2.20.